The van der Waals surface area contributed by atoms with E-state index in [1.54, 1.807) is 22.7 Å². The first-order valence-corrected chi connectivity index (χ1v) is 12.3. The fourth-order valence-corrected chi connectivity index (χ4v) is 5.27. The van der Waals surface area contributed by atoms with E-state index in [1.807, 2.05) is 30.3 Å². The van der Waals surface area contributed by atoms with Crippen molar-refractivity contribution in [2.45, 2.75) is 0 Å². The minimum absolute atomic E-state index is 0.775. The van der Waals surface area contributed by atoms with Crippen LogP contribution in [0.5, 0.6) is 0 Å². The van der Waals surface area contributed by atoms with Gasteiger partial charge in [0.15, 0.2) is 0 Å². The van der Waals surface area contributed by atoms with E-state index in [-0.39, 0.29) is 0 Å². The third kappa shape index (κ3) is 4.00. The fourth-order valence-electron chi connectivity index (χ4n) is 3.07. The van der Waals surface area contributed by atoms with Gasteiger partial charge in [0.05, 0.1) is 15.9 Å². The maximum atomic E-state index is 4.69. The van der Waals surface area contributed by atoms with Crippen molar-refractivity contribution in [2.24, 2.45) is 5.10 Å². The van der Waals surface area contributed by atoms with Crippen molar-refractivity contribution in [3.05, 3.63) is 91.9 Å². The summed E-state index contributed by atoms with van der Waals surface area (Å²) in [6.07, 6.45) is 0. The Kier molecular flexibility index (Phi) is 5.56. The SMILES string of the molecule is Brc1ccc(-c2cs/c(=N/Nc3nc4ccccc4s3)n2-c2ccc(Br)cc2)cc1. The molecule has 148 valence electrons. The molecule has 0 aliphatic carbocycles. The van der Waals surface area contributed by atoms with Crippen molar-refractivity contribution in [2.75, 3.05) is 5.43 Å². The van der Waals surface area contributed by atoms with Gasteiger partial charge in [0, 0.05) is 20.0 Å². The highest BCUT2D eigenvalue weighted by Crippen LogP contribution is 2.27. The first-order valence-electron chi connectivity index (χ1n) is 9.05. The molecule has 0 fully saturated rings. The normalized spacial score (nSPS) is 11.9. The number of hydrogen-bond acceptors (Lipinski definition) is 5. The second kappa shape index (κ2) is 8.47. The Balaban J connectivity index is 1.61. The molecule has 30 heavy (non-hydrogen) atoms. The summed E-state index contributed by atoms with van der Waals surface area (Å²) in [7, 11) is 0. The van der Waals surface area contributed by atoms with Crippen LogP contribution in [0.2, 0.25) is 0 Å². The second-order valence-electron chi connectivity index (χ2n) is 6.43. The van der Waals surface area contributed by atoms with Gasteiger partial charge in [0.25, 0.3) is 0 Å². The molecule has 2 aromatic heterocycles. The molecule has 1 N–H and O–H groups in total. The minimum atomic E-state index is 0.775. The van der Waals surface area contributed by atoms with Crippen LogP contribution >= 0.6 is 54.5 Å². The van der Waals surface area contributed by atoms with E-state index in [2.05, 4.69) is 94.7 Å². The molecule has 3 aromatic carbocycles. The maximum Gasteiger partial charge on any atom is 0.213 e. The molecule has 0 unspecified atom stereocenters. The number of nitrogens with one attached hydrogen (secondary N) is 1. The van der Waals surface area contributed by atoms with Crippen molar-refractivity contribution in [1.29, 1.82) is 0 Å². The Hall–Kier alpha value is -2.26. The summed E-state index contributed by atoms with van der Waals surface area (Å²) < 4.78 is 5.39. The summed E-state index contributed by atoms with van der Waals surface area (Å²) in [5, 5.41) is 7.60. The van der Waals surface area contributed by atoms with Gasteiger partial charge in [-0.1, -0.05) is 67.5 Å². The number of hydrogen-bond donors (Lipinski definition) is 1. The first kappa shape index (κ1) is 19.7. The van der Waals surface area contributed by atoms with E-state index in [4.69, 9.17) is 5.10 Å². The molecule has 4 nitrogen and oxygen atoms in total. The lowest BCUT2D eigenvalue weighted by atomic mass is 10.1. The summed E-state index contributed by atoms with van der Waals surface area (Å²) in [4.78, 5) is 5.46. The molecule has 0 saturated heterocycles. The van der Waals surface area contributed by atoms with E-state index in [9.17, 15) is 0 Å². The van der Waals surface area contributed by atoms with Crippen LogP contribution in [0.25, 0.3) is 27.2 Å². The summed E-state index contributed by atoms with van der Waals surface area (Å²) >= 11 is 10.2. The van der Waals surface area contributed by atoms with E-state index in [1.165, 1.54) is 0 Å². The van der Waals surface area contributed by atoms with Crippen LogP contribution in [0, 0.1) is 0 Å². The molecule has 2 heterocycles. The summed E-state index contributed by atoms with van der Waals surface area (Å²) in [6.45, 7) is 0. The number of aromatic nitrogens is 2. The molecule has 5 rings (SSSR count). The van der Waals surface area contributed by atoms with Gasteiger partial charge in [-0.25, -0.2) is 10.4 Å². The molecule has 0 aliphatic heterocycles. The van der Waals surface area contributed by atoms with Crippen LogP contribution in [-0.4, -0.2) is 9.55 Å². The molecule has 0 atom stereocenters. The molecular weight excluding hydrogens is 544 g/mol. The van der Waals surface area contributed by atoms with Crippen molar-refractivity contribution in [1.82, 2.24) is 9.55 Å². The number of thiazole rings is 2. The highest BCUT2D eigenvalue weighted by Gasteiger charge is 2.11. The van der Waals surface area contributed by atoms with Gasteiger partial charge in [0.2, 0.25) is 9.93 Å². The lowest BCUT2D eigenvalue weighted by molar-refractivity contribution is 0.991. The smallest absolute Gasteiger partial charge is 0.213 e. The van der Waals surface area contributed by atoms with E-state index in [0.717, 1.165) is 46.0 Å². The van der Waals surface area contributed by atoms with Crippen molar-refractivity contribution < 1.29 is 0 Å². The molecule has 0 aliphatic rings. The minimum Gasteiger partial charge on any atom is -0.284 e. The average molecular weight is 558 g/mol. The quantitative estimate of drug-likeness (QED) is 0.236. The molecule has 0 saturated carbocycles. The van der Waals surface area contributed by atoms with Gasteiger partial charge < -0.3 is 0 Å². The molecule has 0 amide bonds. The maximum absolute atomic E-state index is 4.69. The Morgan fingerprint density at radius 2 is 1.57 bits per heavy atom. The molecule has 8 heteroatoms. The summed E-state index contributed by atoms with van der Waals surface area (Å²) in [5.74, 6) is 0. The van der Waals surface area contributed by atoms with Gasteiger partial charge in [-0.3, -0.25) is 4.57 Å². The highest BCUT2D eigenvalue weighted by molar-refractivity contribution is 9.10. The zero-order chi connectivity index (χ0) is 20.5. The molecular formula is C22H14Br2N4S2. The van der Waals surface area contributed by atoms with Crippen LogP contribution < -0.4 is 10.2 Å². The van der Waals surface area contributed by atoms with E-state index < -0.39 is 0 Å². The number of nitrogens with zero attached hydrogens (tertiary/aromatic N) is 3. The predicted molar refractivity (Wildman–Crippen MR) is 133 cm³/mol. The van der Waals surface area contributed by atoms with Gasteiger partial charge in [-0.2, -0.15) is 0 Å². The predicted octanol–water partition coefficient (Wildman–Crippen LogP) is 7.27. The lowest BCUT2D eigenvalue weighted by Crippen LogP contribution is -2.15. The van der Waals surface area contributed by atoms with Crippen LogP contribution in [0.15, 0.2) is 92.2 Å². The third-order valence-corrected chi connectivity index (χ3v) is 7.30. The van der Waals surface area contributed by atoms with Crippen molar-refractivity contribution in [3.63, 3.8) is 0 Å². The van der Waals surface area contributed by atoms with Gasteiger partial charge in [-0.15, -0.1) is 16.4 Å². The number of fused-ring (bicyclic) bond motifs is 1. The van der Waals surface area contributed by atoms with E-state index in [0.29, 0.717) is 0 Å². The summed E-state index contributed by atoms with van der Waals surface area (Å²) in [6, 6.07) is 24.6. The number of anilines is 1. The van der Waals surface area contributed by atoms with Gasteiger partial charge in [0.1, 0.15) is 0 Å². The fraction of sp³-hybridized carbons (Fsp3) is 0. The number of para-hydroxylation sites is 1. The van der Waals surface area contributed by atoms with Crippen LogP contribution in [0.1, 0.15) is 0 Å². The Morgan fingerprint density at radius 1 is 0.867 bits per heavy atom. The zero-order valence-electron chi connectivity index (χ0n) is 15.4. The number of benzene rings is 3. The standard InChI is InChI=1S/C22H14Br2N4S2/c23-15-7-5-14(6-8-15)19-13-29-22(28(19)17-11-9-16(24)10-12-17)27-26-21-25-18-3-1-2-4-20(18)30-21/h1-13H,(H,25,26)/b27-22+. The largest absolute Gasteiger partial charge is 0.284 e. The Morgan fingerprint density at radius 3 is 2.30 bits per heavy atom. The molecule has 0 radical (unpaired) electrons. The zero-order valence-corrected chi connectivity index (χ0v) is 20.2. The van der Waals surface area contributed by atoms with Crippen LogP contribution in [0.3, 0.4) is 0 Å². The topological polar surface area (TPSA) is 42.2 Å². The van der Waals surface area contributed by atoms with Gasteiger partial charge >= 0.3 is 0 Å². The van der Waals surface area contributed by atoms with E-state index >= 15 is 0 Å². The third-order valence-electron chi connectivity index (χ3n) is 4.47. The Labute approximate surface area is 197 Å². The lowest BCUT2D eigenvalue weighted by Gasteiger charge is -2.09. The molecule has 5 aromatic rings. The van der Waals surface area contributed by atoms with Crippen molar-refractivity contribution >= 4 is 69.9 Å². The van der Waals surface area contributed by atoms with Crippen LogP contribution in [0.4, 0.5) is 5.13 Å². The monoisotopic (exact) mass is 556 g/mol. The molecule has 0 spiro atoms. The van der Waals surface area contributed by atoms with Gasteiger partial charge in [-0.05, 0) is 54.1 Å². The van der Waals surface area contributed by atoms with Crippen LogP contribution in [-0.2, 0) is 0 Å². The number of rotatable bonds is 4. The number of halogens is 2. The average Bonchev–Trinajstić information content (AvgIpc) is 3.37. The Bertz CT molecular complexity index is 1350. The summed E-state index contributed by atoms with van der Waals surface area (Å²) in [5.41, 5.74) is 7.38. The van der Waals surface area contributed by atoms with Crippen molar-refractivity contribution in [3.8, 4) is 16.9 Å². The molecule has 0 bridgehead atoms. The second-order valence-corrected chi connectivity index (χ2v) is 10.1. The highest BCUT2D eigenvalue weighted by atomic mass is 79.9. The first-order chi connectivity index (χ1) is 14.7.